The molecule has 0 fully saturated rings. The third-order valence-electron chi connectivity index (χ3n) is 1.37. The van der Waals surface area contributed by atoms with E-state index in [1.165, 1.54) is 13.0 Å². The molecule has 1 aromatic heterocycles. The van der Waals surface area contributed by atoms with Crippen molar-refractivity contribution < 1.29 is 8.78 Å². The molecule has 0 aliphatic carbocycles. The first-order chi connectivity index (χ1) is 9.11. The van der Waals surface area contributed by atoms with Gasteiger partial charge in [0.25, 0.3) is 6.43 Å². The second-order valence-corrected chi connectivity index (χ2v) is 2.33. The summed E-state index contributed by atoms with van der Waals surface area (Å²) in [5.41, 5.74) is 0.786. The van der Waals surface area contributed by atoms with Crippen LogP contribution < -0.4 is 0 Å². The van der Waals surface area contributed by atoms with Crippen LogP contribution >= 0.6 is 0 Å². The molecule has 1 heterocycles. The smallest absolute Gasteiger partial charge is 0.205 e. The topological polar surface area (TPSA) is 25.8 Å². The molecule has 2 nitrogen and oxygen atoms in total. The van der Waals surface area contributed by atoms with Crippen LogP contribution in [0.4, 0.5) is 8.78 Å². The first kappa shape index (κ1) is 26.5. The molecular weight excluding hydrogens is 246 g/mol. The van der Waals surface area contributed by atoms with Crippen molar-refractivity contribution in [3.05, 3.63) is 23.0 Å². The van der Waals surface area contributed by atoms with E-state index in [0.717, 1.165) is 0 Å². The Morgan fingerprint density at radius 1 is 0.789 bits per heavy atom. The summed E-state index contributed by atoms with van der Waals surface area (Å²) in [6.45, 7) is 19.2. The van der Waals surface area contributed by atoms with E-state index in [0.29, 0.717) is 11.4 Å². The zero-order chi connectivity index (χ0) is 16.4. The first-order valence-corrected chi connectivity index (χ1v) is 7.20. The van der Waals surface area contributed by atoms with Gasteiger partial charge in [-0.1, -0.05) is 55.4 Å². The maximum Gasteiger partial charge on any atom is 0.265 e. The maximum absolute atomic E-state index is 12.1. The Kier molecular flexibility index (Phi) is 30.9. The van der Waals surface area contributed by atoms with Gasteiger partial charge in [-0.3, -0.25) is 0 Å². The molecule has 0 saturated heterocycles. The highest BCUT2D eigenvalue weighted by molar-refractivity contribution is 5.20. The summed E-state index contributed by atoms with van der Waals surface area (Å²) < 4.78 is 24.3. The van der Waals surface area contributed by atoms with Crippen molar-refractivity contribution in [2.24, 2.45) is 0 Å². The SMILES string of the molecule is CC.CC.CC.CC.Cc1cc(C(F)F)c(C)nn1. The molecule has 1 aromatic rings. The fourth-order valence-electron chi connectivity index (χ4n) is 0.791. The highest BCUT2D eigenvalue weighted by Gasteiger charge is 2.11. The van der Waals surface area contributed by atoms with Crippen LogP contribution in [0.1, 0.15) is 78.8 Å². The monoisotopic (exact) mass is 278 g/mol. The van der Waals surface area contributed by atoms with Crippen LogP contribution in [0.3, 0.4) is 0 Å². The van der Waals surface area contributed by atoms with Crippen molar-refractivity contribution in [3.63, 3.8) is 0 Å². The van der Waals surface area contributed by atoms with Gasteiger partial charge in [0.1, 0.15) is 0 Å². The van der Waals surface area contributed by atoms with Gasteiger partial charge in [-0.25, -0.2) is 8.78 Å². The van der Waals surface area contributed by atoms with Gasteiger partial charge >= 0.3 is 0 Å². The maximum atomic E-state index is 12.1. The van der Waals surface area contributed by atoms with Gasteiger partial charge in [-0.15, -0.1) is 0 Å². The molecule has 0 unspecified atom stereocenters. The lowest BCUT2D eigenvalue weighted by Gasteiger charge is -2.02. The quantitative estimate of drug-likeness (QED) is 0.617. The molecule has 0 N–H and O–H groups in total. The molecule has 19 heavy (non-hydrogen) atoms. The van der Waals surface area contributed by atoms with Crippen molar-refractivity contribution in [2.75, 3.05) is 0 Å². The number of hydrogen-bond acceptors (Lipinski definition) is 2. The molecule has 1 rings (SSSR count). The molecule has 0 aliphatic rings. The van der Waals surface area contributed by atoms with Crippen molar-refractivity contribution in [3.8, 4) is 0 Å². The van der Waals surface area contributed by atoms with E-state index in [2.05, 4.69) is 10.2 Å². The number of halogens is 2. The minimum atomic E-state index is -2.45. The molecule has 0 atom stereocenters. The van der Waals surface area contributed by atoms with Crippen LogP contribution in [0, 0.1) is 13.8 Å². The number of alkyl halides is 2. The lowest BCUT2D eigenvalue weighted by molar-refractivity contribution is 0.149. The van der Waals surface area contributed by atoms with Gasteiger partial charge in [0.2, 0.25) is 0 Å². The molecule has 0 aromatic carbocycles. The largest absolute Gasteiger partial charge is 0.265 e. The molecule has 0 spiro atoms. The van der Waals surface area contributed by atoms with Crippen molar-refractivity contribution >= 4 is 0 Å². The van der Waals surface area contributed by atoms with Crippen LogP contribution in [-0.4, -0.2) is 10.2 Å². The van der Waals surface area contributed by atoms with E-state index >= 15 is 0 Å². The van der Waals surface area contributed by atoms with Crippen molar-refractivity contribution in [2.45, 2.75) is 75.7 Å². The normalized spacial score (nSPS) is 7.42. The van der Waals surface area contributed by atoms with E-state index in [1.54, 1.807) is 6.92 Å². The van der Waals surface area contributed by atoms with Gasteiger partial charge < -0.3 is 0 Å². The third kappa shape index (κ3) is 14.9. The number of nitrogens with zero attached hydrogens (tertiary/aromatic N) is 2. The van der Waals surface area contributed by atoms with Crippen LogP contribution in [0.2, 0.25) is 0 Å². The molecule has 116 valence electrons. The van der Waals surface area contributed by atoms with E-state index in [4.69, 9.17) is 0 Å². The summed E-state index contributed by atoms with van der Waals surface area (Å²) in [5, 5.41) is 7.21. The lowest BCUT2D eigenvalue weighted by atomic mass is 10.2. The van der Waals surface area contributed by atoms with Crippen molar-refractivity contribution in [1.82, 2.24) is 10.2 Å². The Morgan fingerprint density at radius 2 is 1.16 bits per heavy atom. The summed E-state index contributed by atoms with van der Waals surface area (Å²) in [5.74, 6) is 0. The van der Waals surface area contributed by atoms with Crippen LogP contribution in [0.5, 0.6) is 0 Å². The Labute approximate surface area is 118 Å². The number of aryl methyl sites for hydroxylation is 2. The molecule has 4 heteroatoms. The summed E-state index contributed by atoms with van der Waals surface area (Å²) in [6, 6.07) is 1.35. The molecule has 0 saturated carbocycles. The second kappa shape index (κ2) is 22.1. The highest BCUT2D eigenvalue weighted by Crippen LogP contribution is 2.20. The minimum absolute atomic E-state index is 0.0301. The Bertz CT molecular complexity index is 264. The average Bonchev–Trinajstić information content (AvgIpc) is 2.50. The predicted octanol–water partition coefficient (Wildman–Crippen LogP) is 6.14. The minimum Gasteiger partial charge on any atom is -0.205 e. The number of aromatic nitrogens is 2. The molecule has 0 radical (unpaired) electrons. The zero-order valence-corrected chi connectivity index (χ0v) is 14.3. The first-order valence-electron chi connectivity index (χ1n) is 7.20. The predicted molar refractivity (Wildman–Crippen MR) is 81.9 cm³/mol. The standard InChI is InChI=1S/C7H8F2N2.4C2H6/c1-4-3-6(7(8)9)5(2)11-10-4;4*1-2/h3,7H,1-2H3;4*1-2H3. The molecule has 0 aliphatic heterocycles. The molecule has 0 amide bonds. The Balaban J connectivity index is -0.000000121. The molecular formula is C15H32F2N2. The van der Waals surface area contributed by atoms with E-state index < -0.39 is 6.43 Å². The van der Waals surface area contributed by atoms with Gasteiger partial charge in [0, 0.05) is 5.56 Å². The fourth-order valence-corrected chi connectivity index (χ4v) is 0.791. The van der Waals surface area contributed by atoms with Gasteiger partial charge in [-0.05, 0) is 19.9 Å². The summed E-state index contributed by atoms with van der Waals surface area (Å²) >= 11 is 0. The zero-order valence-electron chi connectivity index (χ0n) is 14.3. The number of hydrogen-bond donors (Lipinski definition) is 0. The van der Waals surface area contributed by atoms with E-state index in [-0.39, 0.29) is 5.56 Å². The lowest BCUT2D eigenvalue weighted by Crippen LogP contribution is -1.97. The van der Waals surface area contributed by atoms with Crippen molar-refractivity contribution in [1.29, 1.82) is 0 Å². The van der Waals surface area contributed by atoms with Gasteiger partial charge in [0.15, 0.2) is 0 Å². The molecule has 0 bridgehead atoms. The summed E-state index contributed by atoms with van der Waals surface area (Å²) in [6.07, 6.45) is -2.45. The van der Waals surface area contributed by atoms with Crippen LogP contribution in [-0.2, 0) is 0 Å². The van der Waals surface area contributed by atoms with Crippen LogP contribution in [0.15, 0.2) is 6.07 Å². The van der Waals surface area contributed by atoms with E-state index in [1.807, 2.05) is 55.4 Å². The highest BCUT2D eigenvalue weighted by atomic mass is 19.3. The second-order valence-electron chi connectivity index (χ2n) is 2.33. The van der Waals surface area contributed by atoms with E-state index in [9.17, 15) is 8.78 Å². The van der Waals surface area contributed by atoms with Crippen LogP contribution in [0.25, 0.3) is 0 Å². The number of rotatable bonds is 1. The third-order valence-corrected chi connectivity index (χ3v) is 1.37. The Morgan fingerprint density at radius 3 is 1.42 bits per heavy atom. The average molecular weight is 278 g/mol. The fraction of sp³-hybridized carbons (Fsp3) is 0.733. The van der Waals surface area contributed by atoms with Gasteiger partial charge in [-0.2, -0.15) is 10.2 Å². The summed E-state index contributed by atoms with van der Waals surface area (Å²) in [7, 11) is 0. The summed E-state index contributed by atoms with van der Waals surface area (Å²) in [4.78, 5) is 0. The Hall–Kier alpha value is -1.06. The van der Waals surface area contributed by atoms with Gasteiger partial charge in [0.05, 0.1) is 11.4 Å².